The van der Waals surface area contributed by atoms with Crippen molar-refractivity contribution in [3.8, 4) is 0 Å². The Morgan fingerprint density at radius 2 is 0.784 bits per heavy atom. The van der Waals surface area contributed by atoms with Crippen LogP contribution in [0.2, 0.25) is 0 Å². The molecule has 2 heterocycles. The van der Waals surface area contributed by atoms with Crippen LogP contribution >= 0.6 is 0 Å². The van der Waals surface area contributed by atoms with Gasteiger partial charge < -0.3 is 52.1 Å². The van der Waals surface area contributed by atoms with Gasteiger partial charge in [0.15, 0.2) is 12.6 Å². The van der Waals surface area contributed by atoms with Gasteiger partial charge in [-0.3, -0.25) is 0 Å². The number of hydrogen-bond donors (Lipinski definition) is 0. The van der Waals surface area contributed by atoms with E-state index >= 15 is 0 Å². The summed E-state index contributed by atoms with van der Waals surface area (Å²) in [5.74, 6) is 1.87. The topological polar surface area (TPSA) is 102 Å². The molecule has 2 aliphatic rings. The Kier molecular flexibility index (Phi) is 22.8. The quantitative estimate of drug-likeness (QED) is 0.0881. The van der Waals surface area contributed by atoms with Gasteiger partial charge in [-0.15, -0.1) is 0 Å². The molecule has 0 spiro atoms. The third-order valence-electron chi connectivity index (χ3n) is 8.20. The Labute approximate surface area is 311 Å². The van der Waals surface area contributed by atoms with Gasteiger partial charge in [-0.05, 0) is 41.9 Å². The van der Waals surface area contributed by atoms with Gasteiger partial charge >= 0.3 is 0 Å². The maximum atomic E-state index is 6.92. The maximum absolute atomic E-state index is 6.92. The van der Waals surface area contributed by atoms with Crippen molar-refractivity contribution < 1.29 is 52.1 Å². The standard InChI is InChI=1S/C40H78O11/c1-15-16-42-23-31-34(45-19-27(6)7)36(47-21-29(10)11)38(48-22-30(12)13)40(50-31)51-39-37(41-14)35(46-20-28(8)9)33(44-18-26(4)5)32(49-39)24-43-17-25(2)3/h25-40H,15-24H2,1-14H3. The van der Waals surface area contributed by atoms with Gasteiger partial charge in [0.1, 0.15) is 48.8 Å². The fourth-order valence-corrected chi connectivity index (χ4v) is 5.86. The van der Waals surface area contributed by atoms with Crippen molar-refractivity contribution >= 4 is 0 Å². The predicted octanol–water partition coefficient (Wildman–Crippen LogP) is 6.77. The van der Waals surface area contributed by atoms with E-state index in [9.17, 15) is 0 Å². The molecule has 2 aliphatic heterocycles. The van der Waals surface area contributed by atoms with E-state index in [1.807, 2.05) is 0 Å². The van der Waals surface area contributed by atoms with Crippen LogP contribution in [-0.4, -0.2) is 128 Å². The number of methoxy groups -OCH3 is 1. The van der Waals surface area contributed by atoms with E-state index in [0.717, 1.165) is 6.42 Å². The van der Waals surface area contributed by atoms with E-state index in [-0.39, 0.29) is 5.92 Å². The summed E-state index contributed by atoms with van der Waals surface area (Å²) in [7, 11) is 1.66. The molecule has 304 valence electrons. The number of rotatable bonds is 26. The molecule has 51 heavy (non-hydrogen) atoms. The molecule has 0 aromatic rings. The zero-order valence-corrected chi connectivity index (χ0v) is 34.8. The lowest BCUT2D eigenvalue weighted by Crippen LogP contribution is -2.66. The minimum Gasteiger partial charge on any atom is -0.379 e. The molecule has 0 aromatic carbocycles. The lowest BCUT2D eigenvalue weighted by atomic mass is 9.96. The second-order valence-corrected chi connectivity index (χ2v) is 16.9. The molecule has 0 aromatic heterocycles. The molecular formula is C40H78O11. The normalized spacial score (nSPS) is 30.6. The van der Waals surface area contributed by atoms with Crippen LogP contribution in [0.5, 0.6) is 0 Å². The Morgan fingerprint density at radius 1 is 0.431 bits per heavy atom. The van der Waals surface area contributed by atoms with Crippen molar-refractivity contribution in [3.63, 3.8) is 0 Å². The van der Waals surface area contributed by atoms with Gasteiger partial charge in [0.05, 0.1) is 13.2 Å². The van der Waals surface area contributed by atoms with E-state index < -0.39 is 61.4 Å². The zero-order valence-electron chi connectivity index (χ0n) is 34.8. The van der Waals surface area contributed by atoms with Crippen LogP contribution in [0.15, 0.2) is 0 Å². The van der Waals surface area contributed by atoms with E-state index in [0.29, 0.717) is 89.1 Å². The molecule has 0 bridgehead atoms. The summed E-state index contributed by atoms with van der Waals surface area (Å²) in [4.78, 5) is 0. The molecule has 10 atom stereocenters. The van der Waals surface area contributed by atoms with Crippen LogP contribution in [0.1, 0.15) is 96.4 Å². The fraction of sp³-hybridized carbons (Fsp3) is 1.00. The molecular weight excluding hydrogens is 656 g/mol. The first-order chi connectivity index (χ1) is 24.2. The zero-order chi connectivity index (χ0) is 38.1. The molecule has 11 heteroatoms. The van der Waals surface area contributed by atoms with Gasteiger partial charge in [-0.1, -0.05) is 90.0 Å². The lowest BCUT2D eigenvalue weighted by Gasteiger charge is -2.50. The Hall–Kier alpha value is -0.440. The van der Waals surface area contributed by atoms with Crippen molar-refractivity contribution in [1.82, 2.24) is 0 Å². The average molecular weight is 735 g/mol. The predicted molar refractivity (Wildman–Crippen MR) is 199 cm³/mol. The molecule has 0 amide bonds. The first-order valence-electron chi connectivity index (χ1n) is 19.9. The highest BCUT2D eigenvalue weighted by molar-refractivity contribution is 4.96. The summed E-state index contributed by atoms with van der Waals surface area (Å²) in [6, 6.07) is 0. The Bertz CT molecular complexity index is 869. The largest absolute Gasteiger partial charge is 0.379 e. The summed E-state index contributed by atoms with van der Waals surface area (Å²) >= 11 is 0. The summed E-state index contributed by atoms with van der Waals surface area (Å²) in [6.45, 7) is 32.1. The summed E-state index contributed by atoms with van der Waals surface area (Å²) in [5.41, 5.74) is 0. The van der Waals surface area contributed by atoms with Crippen molar-refractivity contribution in [1.29, 1.82) is 0 Å². The van der Waals surface area contributed by atoms with Crippen LogP contribution in [0.4, 0.5) is 0 Å². The minimum absolute atomic E-state index is 0.268. The number of hydrogen-bond acceptors (Lipinski definition) is 11. The fourth-order valence-electron chi connectivity index (χ4n) is 5.86. The highest BCUT2D eigenvalue weighted by Gasteiger charge is 2.54. The third-order valence-corrected chi connectivity index (χ3v) is 8.20. The Morgan fingerprint density at radius 3 is 1.18 bits per heavy atom. The van der Waals surface area contributed by atoms with Gasteiger partial charge in [-0.25, -0.2) is 0 Å². The summed E-state index contributed by atoms with van der Waals surface area (Å²) in [6.07, 6.45) is -4.91. The molecule has 0 N–H and O–H groups in total. The van der Waals surface area contributed by atoms with Crippen LogP contribution < -0.4 is 0 Å². The SMILES string of the molecule is CCCOCC1OC(OC2OC(COCC(C)C)C(OCC(C)C)C(OCC(C)C)C2OC)C(OCC(C)C)C(OCC(C)C)C1OCC(C)C. The molecule has 10 unspecified atom stereocenters. The maximum Gasteiger partial charge on any atom is 0.190 e. The van der Waals surface area contributed by atoms with Gasteiger partial charge in [0.2, 0.25) is 0 Å². The van der Waals surface area contributed by atoms with Crippen molar-refractivity contribution in [3.05, 3.63) is 0 Å². The molecule has 2 saturated heterocycles. The highest BCUT2D eigenvalue weighted by atomic mass is 16.8. The third kappa shape index (κ3) is 16.9. The average Bonchev–Trinajstić information content (AvgIpc) is 3.04. The van der Waals surface area contributed by atoms with Gasteiger partial charge in [0, 0.05) is 53.4 Å². The van der Waals surface area contributed by atoms with Gasteiger partial charge in [0.25, 0.3) is 0 Å². The second-order valence-electron chi connectivity index (χ2n) is 16.9. The molecule has 11 nitrogen and oxygen atoms in total. The first kappa shape index (κ1) is 46.7. The van der Waals surface area contributed by atoms with Crippen LogP contribution in [0.3, 0.4) is 0 Å². The van der Waals surface area contributed by atoms with Crippen LogP contribution in [-0.2, 0) is 52.1 Å². The first-order valence-corrected chi connectivity index (χ1v) is 19.9. The molecule has 0 aliphatic carbocycles. The molecule has 2 fully saturated rings. The van der Waals surface area contributed by atoms with Gasteiger partial charge in [-0.2, -0.15) is 0 Å². The lowest BCUT2D eigenvalue weighted by molar-refractivity contribution is -0.391. The minimum atomic E-state index is -0.884. The second kappa shape index (κ2) is 24.9. The summed E-state index contributed by atoms with van der Waals surface area (Å²) < 4.78 is 72.1. The highest BCUT2D eigenvalue weighted by Crippen LogP contribution is 2.35. The Balaban J connectivity index is 2.59. The molecule has 0 radical (unpaired) electrons. The number of ether oxygens (including phenoxy) is 11. The van der Waals surface area contributed by atoms with Crippen molar-refractivity contribution in [2.75, 3.05) is 66.6 Å². The van der Waals surface area contributed by atoms with E-state index in [1.54, 1.807) is 7.11 Å². The monoisotopic (exact) mass is 735 g/mol. The van der Waals surface area contributed by atoms with E-state index in [4.69, 9.17) is 52.1 Å². The van der Waals surface area contributed by atoms with Crippen LogP contribution in [0, 0.1) is 35.5 Å². The van der Waals surface area contributed by atoms with Crippen molar-refractivity contribution in [2.45, 2.75) is 158 Å². The molecule has 2 rings (SSSR count). The van der Waals surface area contributed by atoms with Crippen LogP contribution in [0.25, 0.3) is 0 Å². The molecule has 0 saturated carbocycles. The summed E-state index contributed by atoms with van der Waals surface area (Å²) in [5, 5.41) is 0. The smallest absolute Gasteiger partial charge is 0.190 e. The van der Waals surface area contributed by atoms with Crippen molar-refractivity contribution in [2.24, 2.45) is 35.5 Å². The van der Waals surface area contributed by atoms with E-state index in [2.05, 4.69) is 90.0 Å². The van der Waals surface area contributed by atoms with E-state index in [1.165, 1.54) is 0 Å².